The molecular weight excluding hydrogens is 247 g/mol. The van der Waals surface area contributed by atoms with Crippen molar-refractivity contribution in [3.63, 3.8) is 0 Å². The second-order valence-electron chi connectivity index (χ2n) is 5.29. The maximum absolute atomic E-state index is 13.6. The number of carbonyl (C=O) groups excluding carboxylic acids is 1. The van der Waals surface area contributed by atoms with E-state index in [1.807, 2.05) is 0 Å². The molecule has 5 heteroatoms. The Hall–Kier alpha value is -1.62. The third-order valence-electron chi connectivity index (χ3n) is 2.34. The summed E-state index contributed by atoms with van der Waals surface area (Å²) in [6.07, 6.45) is -1.31. The van der Waals surface area contributed by atoms with E-state index in [2.05, 4.69) is 5.32 Å². The molecule has 0 spiro atoms. The van der Waals surface area contributed by atoms with Crippen molar-refractivity contribution in [3.05, 3.63) is 29.8 Å². The van der Waals surface area contributed by atoms with Crippen LogP contribution in [-0.4, -0.2) is 18.2 Å². The van der Waals surface area contributed by atoms with E-state index >= 15 is 0 Å². The quantitative estimate of drug-likeness (QED) is 0.879. The topological polar surface area (TPSA) is 64.3 Å². The number of anilines is 1. The van der Waals surface area contributed by atoms with Crippen LogP contribution in [0.15, 0.2) is 24.3 Å². The van der Waals surface area contributed by atoms with Crippen molar-refractivity contribution >= 4 is 11.8 Å². The summed E-state index contributed by atoms with van der Waals surface area (Å²) in [4.78, 5) is 11.5. The first-order valence-electron chi connectivity index (χ1n) is 6.26. The van der Waals surface area contributed by atoms with E-state index in [1.165, 1.54) is 0 Å². The highest BCUT2D eigenvalue weighted by atomic mass is 19.1. The number of hydrogen-bond acceptors (Lipinski definition) is 3. The van der Waals surface area contributed by atoms with Crippen LogP contribution in [0.25, 0.3) is 0 Å². The highest BCUT2D eigenvalue weighted by Gasteiger charge is 2.16. The van der Waals surface area contributed by atoms with Gasteiger partial charge in [0.25, 0.3) is 0 Å². The van der Waals surface area contributed by atoms with Crippen molar-refractivity contribution in [2.45, 2.75) is 39.0 Å². The average Bonchev–Trinajstić information content (AvgIpc) is 2.27. The minimum atomic E-state index is -1.07. The monoisotopic (exact) mass is 268 g/mol. The molecule has 0 bridgehead atoms. The molecule has 1 atom stereocenters. The number of nitrogens with one attached hydrogen (secondary N) is 1. The van der Waals surface area contributed by atoms with Crippen LogP contribution in [0.5, 0.6) is 0 Å². The first-order valence-corrected chi connectivity index (χ1v) is 6.26. The van der Waals surface area contributed by atoms with Gasteiger partial charge in [-0.05, 0) is 51.4 Å². The van der Waals surface area contributed by atoms with Crippen molar-refractivity contribution < 1.29 is 13.9 Å². The smallest absolute Gasteiger partial charge is 0.412 e. The Bertz CT molecular complexity index is 412. The van der Waals surface area contributed by atoms with Crippen molar-refractivity contribution in [3.8, 4) is 0 Å². The Morgan fingerprint density at radius 2 is 1.95 bits per heavy atom. The van der Waals surface area contributed by atoms with Gasteiger partial charge in [0, 0.05) is 5.69 Å². The maximum Gasteiger partial charge on any atom is 0.412 e. The van der Waals surface area contributed by atoms with Gasteiger partial charge < -0.3 is 10.5 Å². The van der Waals surface area contributed by atoms with Crippen LogP contribution in [0.4, 0.5) is 14.9 Å². The lowest BCUT2D eigenvalue weighted by Crippen LogP contribution is -2.27. The largest absolute Gasteiger partial charge is 0.444 e. The highest BCUT2D eigenvalue weighted by Crippen LogP contribution is 2.22. The number of rotatable bonds is 4. The third kappa shape index (κ3) is 5.70. The van der Waals surface area contributed by atoms with Gasteiger partial charge in [-0.25, -0.2) is 9.18 Å². The van der Waals surface area contributed by atoms with E-state index in [-0.39, 0.29) is 0 Å². The zero-order valence-corrected chi connectivity index (χ0v) is 11.6. The normalized spacial score (nSPS) is 12.9. The molecule has 4 nitrogen and oxygen atoms in total. The number of hydrogen-bond donors (Lipinski definition) is 2. The van der Waals surface area contributed by atoms with E-state index in [0.29, 0.717) is 24.2 Å². The molecular formula is C14H21FN2O2. The molecule has 0 radical (unpaired) electrons. The molecule has 0 aliphatic heterocycles. The van der Waals surface area contributed by atoms with Crippen LogP contribution in [-0.2, 0) is 4.74 Å². The van der Waals surface area contributed by atoms with Gasteiger partial charge in [-0.3, -0.25) is 5.32 Å². The highest BCUT2D eigenvalue weighted by molar-refractivity contribution is 5.84. The molecule has 0 aromatic heterocycles. The first-order chi connectivity index (χ1) is 8.81. The molecule has 1 aromatic carbocycles. The van der Waals surface area contributed by atoms with E-state index < -0.39 is 17.9 Å². The molecule has 0 aliphatic carbocycles. The number of halogens is 1. The Balaban J connectivity index is 2.59. The van der Waals surface area contributed by atoms with Gasteiger partial charge in [0.1, 0.15) is 11.8 Å². The predicted molar refractivity (Wildman–Crippen MR) is 73.8 cm³/mol. The number of ether oxygens (including phenoxy) is 1. The zero-order valence-electron chi connectivity index (χ0n) is 11.6. The number of amides is 1. The van der Waals surface area contributed by atoms with Gasteiger partial charge in [0.05, 0.1) is 0 Å². The van der Waals surface area contributed by atoms with Crippen molar-refractivity contribution in [1.82, 2.24) is 0 Å². The van der Waals surface area contributed by atoms with Crippen molar-refractivity contribution in [2.24, 2.45) is 5.73 Å². The molecule has 106 valence electrons. The van der Waals surface area contributed by atoms with Gasteiger partial charge in [-0.2, -0.15) is 0 Å². The number of nitrogens with two attached hydrogens (primary N) is 1. The Kier molecular flexibility index (Phi) is 5.30. The van der Waals surface area contributed by atoms with Gasteiger partial charge >= 0.3 is 6.09 Å². The third-order valence-corrected chi connectivity index (χ3v) is 2.34. The first kappa shape index (κ1) is 15.4. The Labute approximate surface area is 113 Å². The van der Waals surface area contributed by atoms with E-state index in [0.717, 1.165) is 0 Å². The molecule has 0 saturated heterocycles. The molecule has 0 saturated carbocycles. The summed E-state index contributed by atoms with van der Waals surface area (Å²) in [7, 11) is 0. The summed E-state index contributed by atoms with van der Waals surface area (Å²) in [6, 6.07) is 6.55. The molecule has 1 amide bonds. The lowest BCUT2D eigenvalue weighted by molar-refractivity contribution is 0.0636. The molecule has 0 aliphatic rings. The fraction of sp³-hybridized carbons (Fsp3) is 0.500. The summed E-state index contributed by atoms with van der Waals surface area (Å²) in [6.45, 7) is 5.67. The van der Waals surface area contributed by atoms with Crippen LogP contribution < -0.4 is 11.1 Å². The lowest BCUT2D eigenvalue weighted by atomic mass is 10.1. The minimum Gasteiger partial charge on any atom is -0.444 e. The number of carbonyl (C=O) groups is 1. The fourth-order valence-corrected chi connectivity index (χ4v) is 1.51. The van der Waals surface area contributed by atoms with Gasteiger partial charge in [-0.1, -0.05) is 12.1 Å². The molecule has 1 unspecified atom stereocenters. The standard InChI is InChI=1S/C14H21FN2O2/c1-14(2,3)19-13(18)17-11-6-4-10(5-7-11)12(15)8-9-16/h4-7,12H,8-9,16H2,1-3H3,(H,17,18). The van der Waals surface area contributed by atoms with Gasteiger partial charge in [-0.15, -0.1) is 0 Å². The minimum absolute atomic E-state index is 0.291. The second kappa shape index (κ2) is 6.52. The SMILES string of the molecule is CC(C)(C)OC(=O)Nc1ccc(C(F)CCN)cc1. The maximum atomic E-state index is 13.6. The lowest BCUT2D eigenvalue weighted by Gasteiger charge is -2.19. The molecule has 1 rings (SSSR count). The summed E-state index contributed by atoms with van der Waals surface area (Å²) < 4.78 is 18.7. The van der Waals surface area contributed by atoms with Crippen LogP contribution in [0.3, 0.4) is 0 Å². The van der Waals surface area contributed by atoms with Crippen LogP contribution in [0.2, 0.25) is 0 Å². The molecule has 0 fully saturated rings. The van der Waals surface area contributed by atoms with Crippen LogP contribution >= 0.6 is 0 Å². The zero-order chi connectivity index (χ0) is 14.5. The summed E-state index contributed by atoms with van der Waals surface area (Å²) in [5, 5.41) is 2.59. The second-order valence-corrected chi connectivity index (χ2v) is 5.29. The summed E-state index contributed by atoms with van der Waals surface area (Å²) in [5.41, 5.74) is 5.88. The molecule has 19 heavy (non-hydrogen) atoms. The predicted octanol–water partition coefficient (Wildman–Crippen LogP) is 3.39. The Morgan fingerprint density at radius 1 is 1.37 bits per heavy atom. The Morgan fingerprint density at radius 3 is 2.42 bits per heavy atom. The fourth-order valence-electron chi connectivity index (χ4n) is 1.51. The van der Waals surface area contributed by atoms with Crippen molar-refractivity contribution in [1.29, 1.82) is 0 Å². The van der Waals surface area contributed by atoms with Crippen LogP contribution in [0, 0.1) is 0 Å². The summed E-state index contributed by atoms with van der Waals surface area (Å²) >= 11 is 0. The van der Waals surface area contributed by atoms with E-state index in [1.54, 1.807) is 45.0 Å². The van der Waals surface area contributed by atoms with Gasteiger partial charge in [0.2, 0.25) is 0 Å². The molecule has 0 heterocycles. The molecule has 1 aromatic rings. The van der Waals surface area contributed by atoms with Gasteiger partial charge in [0.15, 0.2) is 0 Å². The van der Waals surface area contributed by atoms with E-state index in [4.69, 9.17) is 10.5 Å². The summed E-state index contributed by atoms with van der Waals surface area (Å²) in [5.74, 6) is 0. The van der Waals surface area contributed by atoms with E-state index in [9.17, 15) is 9.18 Å². The average molecular weight is 268 g/mol. The molecule has 3 N–H and O–H groups in total. The number of alkyl halides is 1. The number of benzene rings is 1. The van der Waals surface area contributed by atoms with Crippen molar-refractivity contribution in [2.75, 3.05) is 11.9 Å². The van der Waals surface area contributed by atoms with Crippen LogP contribution in [0.1, 0.15) is 38.9 Å².